The molecular weight excluding hydrogens is 313 g/mol. The highest BCUT2D eigenvalue weighted by atomic mass is 19.1. The van der Waals surface area contributed by atoms with E-state index < -0.39 is 0 Å². The molecule has 0 atom stereocenters. The fourth-order valence-electron chi connectivity index (χ4n) is 4.04. The van der Waals surface area contributed by atoms with Crippen molar-refractivity contribution in [1.82, 2.24) is 0 Å². The smallest absolute Gasteiger partial charge is 0.256 e. The lowest BCUT2D eigenvalue weighted by molar-refractivity contribution is -0.110. The molecule has 0 spiro atoms. The third kappa shape index (κ3) is 3.20. The average molecular weight is 339 g/mol. The van der Waals surface area contributed by atoms with Crippen molar-refractivity contribution in [2.45, 2.75) is 59.8 Å². The first-order valence-corrected chi connectivity index (χ1v) is 9.15. The summed E-state index contributed by atoms with van der Waals surface area (Å²) in [5.41, 5.74) is 8.48. The van der Waals surface area contributed by atoms with Crippen LogP contribution in [0, 0.1) is 5.82 Å². The number of rotatable bonds is 3. The van der Waals surface area contributed by atoms with Gasteiger partial charge in [-0.15, -0.1) is 0 Å². The van der Waals surface area contributed by atoms with E-state index in [0.29, 0.717) is 16.8 Å². The summed E-state index contributed by atoms with van der Waals surface area (Å²) in [5.74, 6) is -0.413. The van der Waals surface area contributed by atoms with E-state index in [1.54, 1.807) is 6.07 Å². The number of carbonyl (C=O) groups is 1. The van der Waals surface area contributed by atoms with Crippen molar-refractivity contribution in [2.24, 2.45) is 0 Å². The largest absolute Gasteiger partial charge is 0.321 e. The summed E-state index contributed by atoms with van der Waals surface area (Å²) in [4.78, 5) is 12.6. The minimum atomic E-state index is -0.305. The molecule has 1 aromatic rings. The van der Waals surface area contributed by atoms with Gasteiger partial charge in [0.05, 0.1) is 5.57 Å². The van der Waals surface area contributed by atoms with Gasteiger partial charge in [0.15, 0.2) is 0 Å². The SMILES string of the molecule is CCC/C(C)=C(/C)C1=C(C)/C(=C2\C(=O)Nc3ccc(F)cc32)CCC1. The van der Waals surface area contributed by atoms with Crippen LogP contribution in [0.4, 0.5) is 10.1 Å². The number of allylic oxidation sites excluding steroid dienone is 5. The molecule has 1 amide bonds. The normalized spacial score (nSPS) is 21.2. The Morgan fingerprint density at radius 3 is 2.72 bits per heavy atom. The number of nitrogens with one attached hydrogen (secondary N) is 1. The summed E-state index contributed by atoms with van der Waals surface area (Å²) in [7, 11) is 0. The van der Waals surface area contributed by atoms with E-state index in [1.165, 1.54) is 34.4 Å². The summed E-state index contributed by atoms with van der Waals surface area (Å²) in [6.45, 7) is 8.71. The van der Waals surface area contributed by atoms with E-state index in [4.69, 9.17) is 0 Å². The maximum atomic E-state index is 13.7. The van der Waals surface area contributed by atoms with Gasteiger partial charge in [0.1, 0.15) is 5.82 Å². The molecule has 0 unspecified atom stereocenters. The van der Waals surface area contributed by atoms with E-state index in [2.05, 4.69) is 33.0 Å². The van der Waals surface area contributed by atoms with Crippen molar-refractivity contribution in [3.63, 3.8) is 0 Å². The molecule has 0 saturated carbocycles. The zero-order chi connectivity index (χ0) is 18.1. The summed E-state index contributed by atoms with van der Waals surface area (Å²) < 4.78 is 13.7. The third-order valence-electron chi connectivity index (χ3n) is 5.50. The van der Waals surface area contributed by atoms with E-state index in [0.717, 1.165) is 37.7 Å². The van der Waals surface area contributed by atoms with E-state index in [9.17, 15) is 9.18 Å². The Morgan fingerprint density at radius 2 is 2.00 bits per heavy atom. The minimum Gasteiger partial charge on any atom is -0.321 e. The van der Waals surface area contributed by atoms with Crippen LogP contribution in [0.5, 0.6) is 0 Å². The first-order valence-electron chi connectivity index (χ1n) is 9.15. The lowest BCUT2D eigenvalue weighted by atomic mass is 9.80. The Labute approximate surface area is 149 Å². The van der Waals surface area contributed by atoms with Crippen molar-refractivity contribution in [3.05, 3.63) is 57.4 Å². The number of fused-ring (bicyclic) bond motifs is 1. The number of halogens is 1. The van der Waals surface area contributed by atoms with E-state index in [-0.39, 0.29) is 11.7 Å². The van der Waals surface area contributed by atoms with Crippen molar-refractivity contribution in [3.8, 4) is 0 Å². The van der Waals surface area contributed by atoms with Gasteiger partial charge in [-0.3, -0.25) is 4.79 Å². The molecule has 1 heterocycles. The summed E-state index contributed by atoms with van der Waals surface area (Å²) >= 11 is 0. The lowest BCUT2D eigenvalue weighted by Crippen LogP contribution is -2.10. The highest BCUT2D eigenvalue weighted by Crippen LogP contribution is 2.42. The fraction of sp³-hybridized carbons (Fsp3) is 0.409. The number of anilines is 1. The first kappa shape index (κ1) is 17.7. The maximum absolute atomic E-state index is 13.7. The molecule has 2 aliphatic rings. The third-order valence-corrected chi connectivity index (χ3v) is 5.50. The van der Waals surface area contributed by atoms with Gasteiger partial charge < -0.3 is 5.32 Å². The van der Waals surface area contributed by atoms with Crippen LogP contribution >= 0.6 is 0 Å². The minimum absolute atomic E-state index is 0.108. The predicted octanol–water partition coefficient (Wildman–Crippen LogP) is 6.17. The molecule has 3 heteroatoms. The van der Waals surface area contributed by atoms with Crippen LogP contribution in [0.2, 0.25) is 0 Å². The molecule has 25 heavy (non-hydrogen) atoms. The Balaban J connectivity index is 2.16. The number of hydrogen-bond acceptors (Lipinski definition) is 1. The van der Waals surface area contributed by atoms with Gasteiger partial charge in [0.25, 0.3) is 5.91 Å². The fourth-order valence-corrected chi connectivity index (χ4v) is 4.04. The van der Waals surface area contributed by atoms with Crippen LogP contribution in [0.3, 0.4) is 0 Å². The number of carbonyl (C=O) groups excluding carboxylic acids is 1. The lowest BCUT2D eigenvalue weighted by Gasteiger charge is -2.24. The van der Waals surface area contributed by atoms with Crippen molar-refractivity contribution < 1.29 is 9.18 Å². The Hall–Kier alpha value is -2.16. The van der Waals surface area contributed by atoms with E-state index >= 15 is 0 Å². The molecule has 132 valence electrons. The quantitative estimate of drug-likeness (QED) is 0.656. The van der Waals surface area contributed by atoms with Crippen LogP contribution in [0.15, 0.2) is 46.1 Å². The molecule has 3 rings (SSSR count). The number of amides is 1. The number of benzene rings is 1. The summed E-state index contributed by atoms with van der Waals surface area (Å²) in [6.07, 6.45) is 5.18. The molecule has 2 nitrogen and oxygen atoms in total. The van der Waals surface area contributed by atoms with Gasteiger partial charge in [-0.1, -0.05) is 18.9 Å². The Bertz CT molecular complexity index is 826. The second-order valence-electron chi connectivity index (χ2n) is 7.11. The van der Waals surface area contributed by atoms with Crippen molar-refractivity contribution in [2.75, 3.05) is 5.32 Å². The van der Waals surface area contributed by atoms with E-state index in [1.807, 2.05) is 0 Å². The zero-order valence-electron chi connectivity index (χ0n) is 15.6. The van der Waals surface area contributed by atoms with Gasteiger partial charge >= 0.3 is 0 Å². The molecule has 0 fully saturated rings. The molecule has 1 aliphatic carbocycles. The maximum Gasteiger partial charge on any atom is 0.256 e. The second kappa shape index (κ2) is 6.99. The number of hydrogen-bond donors (Lipinski definition) is 1. The summed E-state index contributed by atoms with van der Waals surface area (Å²) in [6, 6.07) is 4.51. The highest BCUT2D eigenvalue weighted by molar-refractivity contribution is 6.32. The van der Waals surface area contributed by atoms with Crippen molar-refractivity contribution >= 4 is 17.2 Å². The predicted molar refractivity (Wildman–Crippen MR) is 102 cm³/mol. The molecule has 1 aliphatic heterocycles. The van der Waals surface area contributed by atoms with Crippen LogP contribution in [0.25, 0.3) is 5.57 Å². The molecule has 0 saturated heterocycles. The highest BCUT2D eigenvalue weighted by Gasteiger charge is 2.30. The van der Waals surface area contributed by atoms with Crippen LogP contribution in [-0.4, -0.2) is 5.91 Å². The van der Waals surface area contributed by atoms with Gasteiger partial charge in [0, 0.05) is 11.3 Å². The molecule has 1 aromatic carbocycles. The molecule has 1 N–H and O–H groups in total. The van der Waals surface area contributed by atoms with Gasteiger partial charge in [-0.05, 0) is 86.9 Å². The second-order valence-corrected chi connectivity index (χ2v) is 7.11. The summed E-state index contributed by atoms with van der Waals surface area (Å²) in [5, 5.41) is 2.88. The first-order chi connectivity index (χ1) is 11.9. The molecule has 0 aromatic heterocycles. The molecule has 0 bridgehead atoms. The van der Waals surface area contributed by atoms with Crippen LogP contribution in [-0.2, 0) is 4.79 Å². The van der Waals surface area contributed by atoms with Crippen LogP contribution in [0.1, 0.15) is 65.4 Å². The Morgan fingerprint density at radius 1 is 1.24 bits per heavy atom. The average Bonchev–Trinajstić information content (AvgIpc) is 2.90. The zero-order valence-corrected chi connectivity index (χ0v) is 15.6. The Kier molecular flexibility index (Phi) is 4.94. The van der Waals surface area contributed by atoms with Crippen molar-refractivity contribution in [1.29, 1.82) is 0 Å². The monoisotopic (exact) mass is 339 g/mol. The molecular formula is C22H26FNO. The standard InChI is InChI=1S/C22H26FNO/c1-5-7-13(2)14(3)17-8-6-9-18(15(17)4)21-19-12-16(23)10-11-20(19)24-22(21)25/h10-12H,5-9H2,1-4H3,(H,24,25)/b14-13-,21-18-. The molecule has 0 radical (unpaired) electrons. The van der Waals surface area contributed by atoms with Gasteiger partial charge in [-0.2, -0.15) is 0 Å². The van der Waals surface area contributed by atoms with Crippen LogP contribution < -0.4 is 5.32 Å². The van der Waals surface area contributed by atoms with Gasteiger partial charge in [-0.25, -0.2) is 4.39 Å². The van der Waals surface area contributed by atoms with Gasteiger partial charge in [0.2, 0.25) is 0 Å². The topological polar surface area (TPSA) is 29.1 Å².